The van der Waals surface area contributed by atoms with Gasteiger partial charge in [-0.2, -0.15) is 0 Å². The fourth-order valence-electron chi connectivity index (χ4n) is 2.79. The van der Waals surface area contributed by atoms with Gasteiger partial charge in [0, 0.05) is 17.6 Å². The zero-order valence-electron chi connectivity index (χ0n) is 14.1. The number of aromatic amines is 1. The lowest BCUT2D eigenvalue weighted by Gasteiger charge is -2.22. The molecule has 1 N–H and O–H groups in total. The lowest BCUT2D eigenvalue weighted by atomic mass is 10.1. The average molecular weight is 357 g/mol. The average Bonchev–Trinajstić information content (AvgIpc) is 2.92. The number of hydrogen-bond acceptors (Lipinski definition) is 4. The topological polar surface area (TPSA) is 45.3 Å². The van der Waals surface area contributed by atoms with Crippen molar-refractivity contribution < 1.29 is 4.74 Å². The van der Waals surface area contributed by atoms with Crippen molar-refractivity contribution in [3.05, 3.63) is 26.3 Å². The Morgan fingerprint density at radius 3 is 2.70 bits per heavy atom. The monoisotopic (exact) mass is 356 g/mol. The van der Waals surface area contributed by atoms with E-state index in [9.17, 15) is 4.79 Å². The third-order valence-corrected chi connectivity index (χ3v) is 5.26. The highest BCUT2D eigenvalue weighted by molar-refractivity contribution is 7.16. The first-order chi connectivity index (χ1) is 11.1. The van der Waals surface area contributed by atoms with Crippen LogP contribution in [0.2, 0.25) is 5.02 Å². The first-order valence-electron chi connectivity index (χ1n) is 8.21. The summed E-state index contributed by atoms with van der Waals surface area (Å²) in [6, 6.07) is 1.80. The minimum Gasteiger partial charge on any atom is -0.494 e. The number of aromatic nitrogens is 1. The van der Waals surface area contributed by atoms with E-state index in [0.717, 1.165) is 48.3 Å². The predicted octanol–water partition coefficient (Wildman–Crippen LogP) is 4.31. The smallest absolute Gasteiger partial charge is 0.305 e. The summed E-state index contributed by atoms with van der Waals surface area (Å²) in [6.07, 6.45) is 4.40. The summed E-state index contributed by atoms with van der Waals surface area (Å²) < 4.78 is 6.26. The van der Waals surface area contributed by atoms with Gasteiger partial charge in [0.2, 0.25) is 0 Å². The minimum atomic E-state index is -0.0711. The molecule has 6 heteroatoms. The maximum atomic E-state index is 11.8. The second kappa shape index (κ2) is 8.71. The van der Waals surface area contributed by atoms with Gasteiger partial charge < -0.3 is 14.6 Å². The van der Waals surface area contributed by atoms with Crippen molar-refractivity contribution in [3.63, 3.8) is 0 Å². The standard InChI is InChI=1S/C17H25ClN2O2S/c1-4-6-9-20(8-5-2)10-7-12-13(18)11-14(22-3)15-16(12)23-17(21)19-15/h11H,4-10H2,1-3H3,(H,19,21). The molecular formula is C17H25ClN2O2S. The summed E-state index contributed by atoms with van der Waals surface area (Å²) in [6.45, 7) is 7.59. The number of hydrogen-bond donors (Lipinski definition) is 1. The van der Waals surface area contributed by atoms with E-state index < -0.39 is 0 Å². The number of methoxy groups -OCH3 is 1. The number of nitrogens with zero attached hydrogens (tertiary/aromatic N) is 1. The molecule has 4 nitrogen and oxygen atoms in total. The van der Waals surface area contributed by atoms with Crippen LogP contribution in [0.1, 0.15) is 38.7 Å². The molecule has 2 rings (SSSR count). The number of thiazole rings is 1. The molecule has 0 spiro atoms. The number of unbranched alkanes of at least 4 members (excludes halogenated alkanes) is 1. The van der Waals surface area contributed by atoms with Gasteiger partial charge in [0.1, 0.15) is 11.3 Å². The van der Waals surface area contributed by atoms with Gasteiger partial charge in [-0.3, -0.25) is 4.79 Å². The Morgan fingerprint density at radius 2 is 2.04 bits per heavy atom. The molecule has 0 fully saturated rings. The third kappa shape index (κ3) is 4.49. The fourth-order valence-corrected chi connectivity index (χ4v) is 4.07. The Kier molecular flexibility index (Phi) is 6.93. The minimum absolute atomic E-state index is 0.0711. The van der Waals surface area contributed by atoms with Crippen LogP contribution in [0, 0.1) is 0 Å². The Hall–Kier alpha value is -1.04. The maximum Gasteiger partial charge on any atom is 0.305 e. The van der Waals surface area contributed by atoms with Gasteiger partial charge in [-0.1, -0.05) is 43.2 Å². The second-order valence-electron chi connectivity index (χ2n) is 5.70. The van der Waals surface area contributed by atoms with Crippen LogP contribution in [0.15, 0.2) is 10.9 Å². The number of benzene rings is 1. The number of fused-ring (bicyclic) bond motifs is 1. The molecule has 0 unspecified atom stereocenters. The zero-order chi connectivity index (χ0) is 16.8. The SMILES string of the molecule is CCCCN(CCC)CCc1c(Cl)cc(OC)c2[nH]c(=O)sc12. The van der Waals surface area contributed by atoms with Crippen molar-refractivity contribution in [2.75, 3.05) is 26.7 Å². The van der Waals surface area contributed by atoms with Crippen LogP contribution in [0.5, 0.6) is 5.75 Å². The highest BCUT2D eigenvalue weighted by Gasteiger charge is 2.16. The van der Waals surface area contributed by atoms with Crippen molar-refractivity contribution >= 4 is 33.2 Å². The number of H-pyrrole nitrogens is 1. The van der Waals surface area contributed by atoms with E-state index >= 15 is 0 Å². The Morgan fingerprint density at radius 1 is 1.26 bits per heavy atom. The normalized spacial score (nSPS) is 11.5. The largest absolute Gasteiger partial charge is 0.494 e. The van der Waals surface area contributed by atoms with Gasteiger partial charge in [0.05, 0.1) is 11.8 Å². The van der Waals surface area contributed by atoms with Crippen LogP contribution in [0.25, 0.3) is 10.2 Å². The van der Waals surface area contributed by atoms with Crippen molar-refractivity contribution in [1.29, 1.82) is 0 Å². The predicted molar refractivity (Wildman–Crippen MR) is 99.4 cm³/mol. The van der Waals surface area contributed by atoms with Gasteiger partial charge in [0.15, 0.2) is 0 Å². The first kappa shape index (κ1) is 18.3. The highest BCUT2D eigenvalue weighted by Crippen LogP contribution is 2.34. The molecule has 0 aliphatic carbocycles. The molecule has 1 aromatic heterocycles. The summed E-state index contributed by atoms with van der Waals surface area (Å²) in [5, 5.41) is 0.677. The molecule has 1 aromatic carbocycles. The van der Waals surface area contributed by atoms with Crippen LogP contribution in [-0.4, -0.2) is 36.6 Å². The van der Waals surface area contributed by atoms with Crippen LogP contribution in [-0.2, 0) is 6.42 Å². The van der Waals surface area contributed by atoms with E-state index in [1.165, 1.54) is 24.2 Å². The van der Waals surface area contributed by atoms with Gasteiger partial charge in [-0.25, -0.2) is 0 Å². The van der Waals surface area contributed by atoms with Crippen molar-refractivity contribution in [2.45, 2.75) is 39.5 Å². The summed E-state index contributed by atoms with van der Waals surface area (Å²) in [5.41, 5.74) is 1.81. The van der Waals surface area contributed by atoms with E-state index in [1.54, 1.807) is 13.2 Å². The summed E-state index contributed by atoms with van der Waals surface area (Å²) in [4.78, 5) is 17.0. The lowest BCUT2D eigenvalue weighted by molar-refractivity contribution is 0.273. The zero-order valence-corrected chi connectivity index (χ0v) is 15.6. The molecular weight excluding hydrogens is 332 g/mol. The van der Waals surface area contributed by atoms with Crippen molar-refractivity contribution in [1.82, 2.24) is 9.88 Å². The van der Waals surface area contributed by atoms with E-state index in [2.05, 4.69) is 23.7 Å². The third-order valence-electron chi connectivity index (χ3n) is 3.98. The highest BCUT2D eigenvalue weighted by atomic mass is 35.5. The van der Waals surface area contributed by atoms with Crippen LogP contribution < -0.4 is 9.61 Å². The molecule has 0 bridgehead atoms. The first-order valence-corrected chi connectivity index (χ1v) is 9.40. The number of ether oxygens (including phenoxy) is 1. The molecule has 0 amide bonds. The maximum absolute atomic E-state index is 11.8. The summed E-state index contributed by atoms with van der Waals surface area (Å²) in [7, 11) is 1.59. The number of halogens is 1. The van der Waals surface area contributed by atoms with Crippen LogP contribution >= 0.6 is 22.9 Å². The Balaban J connectivity index is 2.25. The van der Waals surface area contributed by atoms with E-state index in [-0.39, 0.29) is 4.87 Å². The fraction of sp³-hybridized carbons (Fsp3) is 0.588. The number of nitrogens with one attached hydrogen (secondary N) is 1. The molecule has 0 saturated heterocycles. The molecule has 2 aromatic rings. The van der Waals surface area contributed by atoms with Gasteiger partial charge in [-0.05, 0) is 37.9 Å². The molecule has 128 valence electrons. The van der Waals surface area contributed by atoms with Crippen molar-refractivity contribution in [2.24, 2.45) is 0 Å². The molecule has 0 aliphatic heterocycles. The molecule has 0 radical (unpaired) electrons. The molecule has 23 heavy (non-hydrogen) atoms. The quantitative estimate of drug-likeness (QED) is 0.728. The van der Waals surface area contributed by atoms with Crippen LogP contribution in [0.3, 0.4) is 0 Å². The molecule has 0 atom stereocenters. The van der Waals surface area contributed by atoms with Crippen LogP contribution in [0.4, 0.5) is 0 Å². The molecule has 0 aliphatic rings. The van der Waals surface area contributed by atoms with Crippen molar-refractivity contribution in [3.8, 4) is 5.75 Å². The van der Waals surface area contributed by atoms with Gasteiger partial charge in [-0.15, -0.1) is 0 Å². The van der Waals surface area contributed by atoms with E-state index in [4.69, 9.17) is 16.3 Å². The second-order valence-corrected chi connectivity index (χ2v) is 7.09. The summed E-state index contributed by atoms with van der Waals surface area (Å²) in [5.74, 6) is 0.628. The van der Waals surface area contributed by atoms with Gasteiger partial charge >= 0.3 is 4.87 Å². The lowest BCUT2D eigenvalue weighted by Crippen LogP contribution is -2.28. The molecule has 1 heterocycles. The van der Waals surface area contributed by atoms with Gasteiger partial charge in [0.25, 0.3) is 0 Å². The summed E-state index contributed by atoms with van der Waals surface area (Å²) >= 11 is 7.66. The van der Waals surface area contributed by atoms with E-state index in [0.29, 0.717) is 10.8 Å². The Labute approximate surface area is 146 Å². The molecule has 0 saturated carbocycles. The van der Waals surface area contributed by atoms with E-state index in [1.807, 2.05) is 0 Å². The number of rotatable bonds is 9. The Bertz CT molecular complexity index is 696.